The van der Waals surface area contributed by atoms with Gasteiger partial charge in [0.1, 0.15) is 5.75 Å². The number of methoxy groups -OCH3 is 1. The third-order valence-corrected chi connectivity index (χ3v) is 6.05. The first-order valence-corrected chi connectivity index (χ1v) is 10.0. The van der Waals surface area contributed by atoms with Gasteiger partial charge in [0.05, 0.1) is 23.6 Å². The molecule has 7 nitrogen and oxygen atoms in total. The summed E-state index contributed by atoms with van der Waals surface area (Å²) in [5.41, 5.74) is 0.564. The largest absolute Gasteiger partial charge is 0.495 e. The number of nitrogens with zero attached hydrogens (tertiary/aromatic N) is 1. The highest BCUT2D eigenvalue weighted by atomic mass is 35.5. The van der Waals surface area contributed by atoms with Crippen LogP contribution < -0.4 is 15.0 Å². The first-order valence-electron chi connectivity index (χ1n) is 7.83. The van der Waals surface area contributed by atoms with Gasteiger partial charge in [-0.25, -0.2) is 8.42 Å². The standard InChI is InChI=1S/C16H21ClN2O5S/c1-11(20)19(13-3-4-15(24-2)14(17)9-13)7-5-16(21)18-12-6-8-25(22,23)10-12/h3-4,9,12H,5-8,10H2,1-2H3,(H,18,21). The molecule has 1 aliphatic heterocycles. The Kier molecular flexibility index (Phi) is 6.29. The molecule has 0 saturated carbocycles. The summed E-state index contributed by atoms with van der Waals surface area (Å²) in [7, 11) is -1.55. The lowest BCUT2D eigenvalue weighted by molar-refractivity contribution is -0.121. The molecule has 1 aliphatic rings. The zero-order valence-corrected chi connectivity index (χ0v) is 15.7. The fraction of sp³-hybridized carbons (Fsp3) is 0.500. The number of sulfone groups is 1. The van der Waals surface area contributed by atoms with Crippen LogP contribution >= 0.6 is 11.6 Å². The van der Waals surface area contributed by atoms with Crippen molar-refractivity contribution in [1.29, 1.82) is 0 Å². The molecule has 0 aliphatic carbocycles. The fourth-order valence-corrected chi connectivity index (χ4v) is 4.64. The third-order valence-electron chi connectivity index (χ3n) is 3.99. The average Bonchev–Trinajstić information content (AvgIpc) is 2.86. The van der Waals surface area contributed by atoms with Crippen molar-refractivity contribution in [3.05, 3.63) is 23.2 Å². The van der Waals surface area contributed by atoms with E-state index in [1.807, 2.05) is 0 Å². The predicted octanol–water partition coefficient (Wildman–Crippen LogP) is 1.39. The SMILES string of the molecule is COc1ccc(N(CCC(=O)NC2CCS(=O)(=O)C2)C(C)=O)cc1Cl. The molecular formula is C16H21ClN2O5S. The van der Waals surface area contributed by atoms with E-state index in [2.05, 4.69) is 5.32 Å². The van der Waals surface area contributed by atoms with E-state index in [0.29, 0.717) is 22.9 Å². The summed E-state index contributed by atoms with van der Waals surface area (Å²) >= 11 is 6.08. The van der Waals surface area contributed by atoms with Crippen LogP contribution in [0.1, 0.15) is 19.8 Å². The molecule has 0 spiro atoms. The Bertz CT molecular complexity index is 766. The Labute approximate surface area is 152 Å². The Morgan fingerprint density at radius 3 is 2.64 bits per heavy atom. The van der Waals surface area contributed by atoms with E-state index in [4.69, 9.17) is 16.3 Å². The molecular weight excluding hydrogens is 368 g/mol. The Morgan fingerprint density at radius 1 is 1.40 bits per heavy atom. The number of hydrogen-bond acceptors (Lipinski definition) is 5. The number of amides is 2. The second kappa shape index (κ2) is 8.05. The molecule has 1 N–H and O–H groups in total. The number of hydrogen-bond donors (Lipinski definition) is 1. The molecule has 1 atom stereocenters. The van der Waals surface area contributed by atoms with Crippen molar-refractivity contribution >= 4 is 38.9 Å². The average molecular weight is 389 g/mol. The quantitative estimate of drug-likeness (QED) is 0.795. The minimum Gasteiger partial charge on any atom is -0.495 e. The molecule has 0 radical (unpaired) electrons. The highest BCUT2D eigenvalue weighted by molar-refractivity contribution is 7.91. The van der Waals surface area contributed by atoms with E-state index >= 15 is 0 Å². The van der Waals surface area contributed by atoms with Crippen molar-refractivity contribution < 1.29 is 22.7 Å². The van der Waals surface area contributed by atoms with E-state index in [-0.39, 0.29) is 42.3 Å². The van der Waals surface area contributed by atoms with Crippen LogP contribution in [0.5, 0.6) is 5.75 Å². The highest BCUT2D eigenvalue weighted by Gasteiger charge is 2.29. The number of ether oxygens (including phenoxy) is 1. The molecule has 9 heteroatoms. The Hall–Kier alpha value is -1.80. The molecule has 1 fully saturated rings. The molecule has 1 saturated heterocycles. The molecule has 25 heavy (non-hydrogen) atoms. The van der Waals surface area contributed by atoms with Gasteiger partial charge in [0.25, 0.3) is 0 Å². The van der Waals surface area contributed by atoms with Gasteiger partial charge in [0.2, 0.25) is 11.8 Å². The maximum absolute atomic E-state index is 12.0. The molecule has 138 valence electrons. The van der Waals surface area contributed by atoms with Crippen molar-refractivity contribution in [2.45, 2.75) is 25.8 Å². The fourth-order valence-electron chi connectivity index (χ4n) is 2.71. The Balaban J connectivity index is 1.97. The lowest BCUT2D eigenvalue weighted by Gasteiger charge is -2.22. The number of carbonyl (C=O) groups is 2. The molecule has 1 heterocycles. The van der Waals surface area contributed by atoms with Gasteiger partial charge < -0.3 is 15.0 Å². The number of anilines is 1. The van der Waals surface area contributed by atoms with Crippen molar-refractivity contribution in [2.24, 2.45) is 0 Å². The summed E-state index contributed by atoms with van der Waals surface area (Å²) in [6, 6.07) is 4.59. The van der Waals surface area contributed by atoms with Gasteiger partial charge in [-0.05, 0) is 24.6 Å². The van der Waals surface area contributed by atoms with Crippen LogP contribution in [0.3, 0.4) is 0 Å². The van der Waals surface area contributed by atoms with Gasteiger partial charge in [0, 0.05) is 31.6 Å². The smallest absolute Gasteiger partial charge is 0.223 e. The number of nitrogens with one attached hydrogen (secondary N) is 1. The molecule has 1 aromatic rings. The van der Waals surface area contributed by atoms with Crippen LogP contribution in [0.4, 0.5) is 5.69 Å². The van der Waals surface area contributed by atoms with E-state index < -0.39 is 9.84 Å². The second-order valence-electron chi connectivity index (χ2n) is 5.91. The first-order chi connectivity index (χ1) is 11.7. The first kappa shape index (κ1) is 19.5. The van der Waals surface area contributed by atoms with E-state index in [1.54, 1.807) is 18.2 Å². The normalized spacial score (nSPS) is 18.6. The Morgan fingerprint density at radius 2 is 2.12 bits per heavy atom. The van der Waals surface area contributed by atoms with Gasteiger partial charge in [0.15, 0.2) is 9.84 Å². The van der Waals surface area contributed by atoms with E-state index in [0.717, 1.165) is 0 Å². The predicted molar refractivity (Wildman–Crippen MR) is 95.8 cm³/mol. The molecule has 0 bridgehead atoms. The monoisotopic (exact) mass is 388 g/mol. The van der Waals surface area contributed by atoms with Gasteiger partial charge in [-0.15, -0.1) is 0 Å². The molecule has 2 amide bonds. The summed E-state index contributed by atoms with van der Waals surface area (Å²) in [6.45, 7) is 1.57. The number of carbonyl (C=O) groups excluding carboxylic acids is 2. The van der Waals surface area contributed by atoms with Crippen LogP contribution in [0, 0.1) is 0 Å². The van der Waals surface area contributed by atoms with Crippen LogP contribution in [0.25, 0.3) is 0 Å². The number of benzene rings is 1. The highest BCUT2D eigenvalue weighted by Crippen LogP contribution is 2.29. The maximum Gasteiger partial charge on any atom is 0.223 e. The minimum absolute atomic E-state index is 0.0246. The molecule has 1 unspecified atom stereocenters. The van der Waals surface area contributed by atoms with Crippen molar-refractivity contribution in [3.63, 3.8) is 0 Å². The minimum atomic E-state index is -3.05. The maximum atomic E-state index is 12.0. The van der Waals surface area contributed by atoms with Crippen molar-refractivity contribution in [2.75, 3.05) is 30.1 Å². The lowest BCUT2D eigenvalue weighted by Crippen LogP contribution is -2.38. The van der Waals surface area contributed by atoms with Gasteiger partial charge in [-0.2, -0.15) is 0 Å². The van der Waals surface area contributed by atoms with Crippen LogP contribution in [-0.2, 0) is 19.4 Å². The van der Waals surface area contributed by atoms with Crippen LogP contribution in [0.2, 0.25) is 5.02 Å². The lowest BCUT2D eigenvalue weighted by atomic mass is 10.2. The second-order valence-corrected chi connectivity index (χ2v) is 8.54. The van der Waals surface area contributed by atoms with Gasteiger partial charge in [-0.1, -0.05) is 11.6 Å². The summed E-state index contributed by atoms with van der Waals surface area (Å²) in [6.07, 6.45) is 0.498. The molecule has 1 aromatic carbocycles. The molecule has 0 aromatic heterocycles. The number of halogens is 1. The van der Waals surface area contributed by atoms with Gasteiger partial charge >= 0.3 is 0 Å². The zero-order valence-electron chi connectivity index (χ0n) is 14.1. The van der Waals surface area contributed by atoms with Crippen molar-refractivity contribution in [1.82, 2.24) is 5.32 Å². The van der Waals surface area contributed by atoms with Crippen LogP contribution in [-0.4, -0.2) is 51.4 Å². The van der Waals surface area contributed by atoms with Gasteiger partial charge in [-0.3, -0.25) is 9.59 Å². The summed E-state index contributed by atoms with van der Waals surface area (Å²) in [4.78, 5) is 25.4. The summed E-state index contributed by atoms with van der Waals surface area (Å²) < 4.78 is 27.9. The van der Waals surface area contributed by atoms with E-state index in [1.165, 1.54) is 18.9 Å². The molecule has 2 rings (SSSR count). The number of rotatable bonds is 6. The van der Waals surface area contributed by atoms with E-state index in [9.17, 15) is 18.0 Å². The third kappa shape index (κ3) is 5.34. The van der Waals surface area contributed by atoms with Crippen molar-refractivity contribution in [3.8, 4) is 5.75 Å². The summed E-state index contributed by atoms with van der Waals surface area (Å²) in [5.74, 6) is 0.0602. The topological polar surface area (TPSA) is 92.8 Å². The zero-order chi connectivity index (χ0) is 18.6. The van der Waals surface area contributed by atoms with Crippen LogP contribution in [0.15, 0.2) is 18.2 Å². The summed E-state index contributed by atoms with van der Waals surface area (Å²) in [5, 5.41) is 3.08.